The topological polar surface area (TPSA) is 58.9 Å². The molecule has 1 aliphatic rings. The summed E-state index contributed by atoms with van der Waals surface area (Å²) in [7, 11) is 0. The van der Waals surface area contributed by atoms with Gasteiger partial charge >= 0.3 is 0 Å². The minimum Gasteiger partial charge on any atom is -0.354 e. The Morgan fingerprint density at radius 3 is 2.74 bits per heavy atom. The average molecular weight is 366 g/mol. The Morgan fingerprint density at radius 2 is 1.89 bits per heavy atom. The lowest BCUT2D eigenvalue weighted by molar-refractivity contribution is 0.214. The van der Waals surface area contributed by atoms with Crippen LogP contribution in [0.5, 0.6) is 0 Å². The fourth-order valence-electron chi connectivity index (χ4n) is 3.57. The van der Waals surface area contributed by atoms with Crippen LogP contribution in [-0.2, 0) is 19.6 Å². The number of hydrogen-bond acceptors (Lipinski definition) is 5. The van der Waals surface area contributed by atoms with Crippen LogP contribution in [-0.4, -0.2) is 37.7 Å². The third-order valence-electron chi connectivity index (χ3n) is 4.89. The Morgan fingerprint density at radius 1 is 1.04 bits per heavy atom. The van der Waals surface area contributed by atoms with Gasteiger partial charge in [-0.1, -0.05) is 18.2 Å². The number of aromatic nitrogens is 4. The summed E-state index contributed by atoms with van der Waals surface area (Å²) < 4.78 is 16.2. The summed E-state index contributed by atoms with van der Waals surface area (Å²) in [5, 5.41) is 7.74. The molecule has 0 saturated heterocycles. The van der Waals surface area contributed by atoms with Gasteiger partial charge in [-0.25, -0.2) is 14.4 Å². The highest BCUT2D eigenvalue weighted by atomic mass is 19.1. The molecule has 1 aliphatic heterocycles. The molecule has 0 amide bonds. The zero-order chi connectivity index (χ0) is 18.5. The highest BCUT2D eigenvalue weighted by Crippen LogP contribution is 2.21. The first-order valence-electron chi connectivity index (χ1n) is 9.25. The van der Waals surface area contributed by atoms with Crippen LogP contribution in [0.3, 0.4) is 0 Å². The number of fused-ring (bicyclic) bond motifs is 1. The number of rotatable bonds is 6. The fourth-order valence-corrected chi connectivity index (χ4v) is 3.57. The third kappa shape index (κ3) is 4.49. The van der Waals surface area contributed by atoms with Crippen LogP contribution in [0.25, 0.3) is 0 Å². The molecule has 0 saturated carbocycles. The second-order valence-corrected chi connectivity index (χ2v) is 6.92. The molecule has 7 heteroatoms. The lowest BCUT2D eigenvalue weighted by atomic mass is 10.0. The van der Waals surface area contributed by atoms with Crippen LogP contribution in [0.2, 0.25) is 0 Å². The molecule has 0 fully saturated rings. The second-order valence-electron chi connectivity index (χ2n) is 6.92. The molecule has 1 atom stereocenters. The van der Waals surface area contributed by atoms with Gasteiger partial charge in [-0.3, -0.25) is 9.58 Å². The van der Waals surface area contributed by atoms with Crippen LogP contribution in [0.1, 0.15) is 17.7 Å². The Balaban J connectivity index is 1.43. The van der Waals surface area contributed by atoms with Gasteiger partial charge < -0.3 is 5.32 Å². The zero-order valence-electron chi connectivity index (χ0n) is 15.1. The minimum atomic E-state index is -0.144. The lowest BCUT2D eigenvalue weighted by Gasteiger charge is -2.24. The molecule has 0 radical (unpaired) electrons. The van der Waals surface area contributed by atoms with E-state index >= 15 is 0 Å². The smallest absolute Gasteiger partial charge is 0.222 e. The molecule has 1 aromatic carbocycles. The Kier molecular flexibility index (Phi) is 5.39. The van der Waals surface area contributed by atoms with Crippen molar-refractivity contribution in [2.24, 2.45) is 5.92 Å². The van der Waals surface area contributed by atoms with Crippen molar-refractivity contribution in [2.75, 3.05) is 18.4 Å². The highest BCUT2D eigenvalue weighted by Gasteiger charge is 2.23. The van der Waals surface area contributed by atoms with Crippen molar-refractivity contribution in [1.29, 1.82) is 0 Å². The number of benzene rings is 1. The molecule has 3 aromatic rings. The van der Waals surface area contributed by atoms with Crippen LogP contribution in [0.4, 0.5) is 10.3 Å². The van der Waals surface area contributed by atoms with Crippen molar-refractivity contribution in [2.45, 2.75) is 26.1 Å². The van der Waals surface area contributed by atoms with Gasteiger partial charge in [0.05, 0.1) is 5.69 Å². The largest absolute Gasteiger partial charge is 0.354 e. The quantitative estimate of drug-likeness (QED) is 0.727. The first-order chi connectivity index (χ1) is 13.3. The van der Waals surface area contributed by atoms with Crippen molar-refractivity contribution in [3.63, 3.8) is 0 Å². The average Bonchev–Trinajstić information content (AvgIpc) is 3.04. The maximum atomic E-state index is 14.1. The first kappa shape index (κ1) is 17.6. The molecule has 4 rings (SSSR count). The predicted octanol–water partition coefficient (Wildman–Crippen LogP) is 2.95. The molecule has 140 valence electrons. The standard InChI is InChI=1S/C20H23FN6/c21-19-5-2-1-4-17(19)14-26-12-16(13-27-18(15-26)7-11-25-27)6-10-24-20-22-8-3-9-23-20/h1-5,7-9,11,16H,6,10,12-15H2,(H,22,23,24)/t16-/m0/s1. The zero-order valence-corrected chi connectivity index (χ0v) is 15.1. The van der Waals surface area contributed by atoms with Gasteiger partial charge in [-0.15, -0.1) is 0 Å². The van der Waals surface area contributed by atoms with E-state index in [2.05, 4.69) is 30.0 Å². The van der Waals surface area contributed by atoms with Crippen LogP contribution >= 0.6 is 0 Å². The van der Waals surface area contributed by atoms with Gasteiger partial charge in [0.25, 0.3) is 0 Å². The summed E-state index contributed by atoms with van der Waals surface area (Å²) in [5.74, 6) is 0.915. The molecule has 3 heterocycles. The molecule has 0 spiro atoms. The maximum absolute atomic E-state index is 14.1. The number of hydrogen-bond donors (Lipinski definition) is 1. The molecular weight excluding hydrogens is 343 g/mol. The molecule has 0 unspecified atom stereocenters. The molecular formula is C20H23FN6. The van der Waals surface area contributed by atoms with E-state index in [0.717, 1.165) is 38.2 Å². The molecule has 27 heavy (non-hydrogen) atoms. The fraction of sp³-hybridized carbons (Fsp3) is 0.350. The van der Waals surface area contributed by atoms with Crippen LogP contribution in [0, 0.1) is 11.7 Å². The highest BCUT2D eigenvalue weighted by molar-refractivity contribution is 5.21. The summed E-state index contributed by atoms with van der Waals surface area (Å²) in [6, 6.07) is 10.9. The normalized spacial score (nSPS) is 17.3. The molecule has 1 N–H and O–H groups in total. The van der Waals surface area contributed by atoms with Gasteiger partial charge in [-0.05, 0) is 30.5 Å². The van der Waals surface area contributed by atoms with E-state index in [1.165, 1.54) is 11.8 Å². The summed E-state index contributed by atoms with van der Waals surface area (Å²) in [6.07, 6.45) is 6.26. The first-order valence-corrected chi connectivity index (χ1v) is 9.25. The summed E-state index contributed by atoms with van der Waals surface area (Å²) >= 11 is 0. The van der Waals surface area contributed by atoms with Crippen LogP contribution in [0.15, 0.2) is 55.0 Å². The van der Waals surface area contributed by atoms with Crippen LogP contribution < -0.4 is 5.32 Å². The van der Waals surface area contributed by atoms with E-state index in [1.54, 1.807) is 24.5 Å². The minimum absolute atomic E-state index is 0.144. The second kappa shape index (κ2) is 8.26. The number of halogens is 1. The SMILES string of the molecule is Fc1ccccc1CN1Cc2ccnn2C[C@@H](CCNc2ncccn2)C1. The molecule has 2 aromatic heterocycles. The van der Waals surface area contributed by atoms with Gasteiger partial charge in [0.1, 0.15) is 5.82 Å². The number of nitrogens with zero attached hydrogens (tertiary/aromatic N) is 5. The van der Waals surface area contributed by atoms with E-state index in [0.29, 0.717) is 18.4 Å². The third-order valence-corrected chi connectivity index (χ3v) is 4.89. The van der Waals surface area contributed by atoms with E-state index in [-0.39, 0.29) is 5.82 Å². The van der Waals surface area contributed by atoms with Crippen molar-refractivity contribution < 1.29 is 4.39 Å². The van der Waals surface area contributed by atoms with Crippen molar-refractivity contribution in [3.8, 4) is 0 Å². The van der Waals surface area contributed by atoms with Gasteiger partial charge in [0.15, 0.2) is 0 Å². The summed E-state index contributed by atoms with van der Waals surface area (Å²) in [6.45, 7) is 3.94. The molecule has 0 aliphatic carbocycles. The maximum Gasteiger partial charge on any atom is 0.222 e. The lowest BCUT2D eigenvalue weighted by Crippen LogP contribution is -2.29. The van der Waals surface area contributed by atoms with Gasteiger partial charge in [-0.2, -0.15) is 5.10 Å². The summed E-state index contributed by atoms with van der Waals surface area (Å²) in [4.78, 5) is 10.7. The summed E-state index contributed by atoms with van der Waals surface area (Å²) in [5.41, 5.74) is 1.91. The van der Waals surface area contributed by atoms with Crippen molar-refractivity contribution >= 4 is 5.95 Å². The van der Waals surface area contributed by atoms with Crippen molar-refractivity contribution in [3.05, 3.63) is 72.1 Å². The monoisotopic (exact) mass is 366 g/mol. The predicted molar refractivity (Wildman–Crippen MR) is 101 cm³/mol. The van der Waals surface area contributed by atoms with Crippen molar-refractivity contribution in [1.82, 2.24) is 24.6 Å². The van der Waals surface area contributed by atoms with Gasteiger partial charge in [0.2, 0.25) is 5.95 Å². The van der Waals surface area contributed by atoms with E-state index in [4.69, 9.17) is 0 Å². The molecule has 0 bridgehead atoms. The molecule has 6 nitrogen and oxygen atoms in total. The van der Waals surface area contributed by atoms with E-state index in [1.807, 2.05) is 24.4 Å². The Hall–Kier alpha value is -2.80. The number of anilines is 1. The Labute approximate surface area is 158 Å². The Bertz CT molecular complexity index is 866. The van der Waals surface area contributed by atoms with E-state index < -0.39 is 0 Å². The number of nitrogens with one attached hydrogen (secondary N) is 1. The van der Waals surface area contributed by atoms with E-state index in [9.17, 15) is 4.39 Å². The van der Waals surface area contributed by atoms with Gasteiger partial charge in [0, 0.05) is 56.9 Å².